The number of rotatable bonds is 4. The third-order valence-corrected chi connectivity index (χ3v) is 5.77. The number of carbonyl (C=O) groups is 2. The molecule has 8 heteroatoms. The van der Waals surface area contributed by atoms with Crippen LogP contribution in [0.25, 0.3) is 0 Å². The number of aromatic nitrogens is 1. The second-order valence-corrected chi connectivity index (χ2v) is 8.10. The van der Waals surface area contributed by atoms with Crippen LogP contribution in [0, 0.1) is 25.2 Å². The van der Waals surface area contributed by atoms with Crippen LogP contribution in [0.2, 0.25) is 0 Å². The van der Waals surface area contributed by atoms with Crippen LogP contribution in [0.5, 0.6) is 0 Å². The summed E-state index contributed by atoms with van der Waals surface area (Å²) in [4.78, 5) is 39.2. The molecule has 0 radical (unpaired) electrons. The summed E-state index contributed by atoms with van der Waals surface area (Å²) in [5, 5.41) is 11.9. The summed E-state index contributed by atoms with van der Waals surface area (Å²) in [5.74, 6) is 1.51. The average Bonchev–Trinajstić information content (AvgIpc) is 2.72. The quantitative estimate of drug-likeness (QED) is 0.833. The van der Waals surface area contributed by atoms with Gasteiger partial charge < -0.3 is 14.8 Å². The first kappa shape index (κ1) is 20.7. The lowest BCUT2D eigenvalue weighted by atomic mass is 10.1. The summed E-state index contributed by atoms with van der Waals surface area (Å²) in [5.41, 5.74) is 1.91. The monoisotopic (exact) mass is 410 g/mol. The van der Waals surface area contributed by atoms with Crippen molar-refractivity contribution in [2.24, 2.45) is 0 Å². The minimum Gasteiger partial charge on any atom is -0.337 e. The number of benzene rings is 1. The SMILES string of the molecule is Cc1cc(C)n(CC(=O)Nc2ccc(C(=O)N3CCSCC3)cc2)c(=O)c1C#N. The molecule has 2 aromatic rings. The lowest BCUT2D eigenvalue weighted by Crippen LogP contribution is -2.37. The van der Waals surface area contributed by atoms with Gasteiger partial charge in [-0.1, -0.05) is 0 Å². The average molecular weight is 410 g/mol. The maximum atomic E-state index is 12.5. The fourth-order valence-electron chi connectivity index (χ4n) is 3.25. The van der Waals surface area contributed by atoms with Gasteiger partial charge in [0.1, 0.15) is 18.2 Å². The number of pyridine rings is 1. The van der Waals surface area contributed by atoms with Gasteiger partial charge in [-0.3, -0.25) is 14.4 Å². The highest BCUT2D eigenvalue weighted by Gasteiger charge is 2.18. The van der Waals surface area contributed by atoms with E-state index in [4.69, 9.17) is 5.26 Å². The molecule has 0 spiro atoms. The van der Waals surface area contributed by atoms with E-state index in [2.05, 4.69) is 5.32 Å². The number of thioether (sulfide) groups is 1. The van der Waals surface area contributed by atoms with Crippen LogP contribution in [0.3, 0.4) is 0 Å². The van der Waals surface area contributed by atoms with Crippen molar-refractivity contribution in [1.82, 2.24) is 9.47 Å². The first-order valence-electron chi connectivity index (χ1n) is 9.29. The molecule has 0 saturated carbocycles. The number of anilines is 1. The van der Waals surface area contributed by atoms with Crippen LogP contribution in [-0.4, -0.2) is 45.9 Å². The minimum absolute atomic E-state index is 0.00552. The van der Waals surface area contributed by atoms with Crippen molar-refractivity contribution in [2.75, 3.05) is 29.9 Å². The maximum absolute atomic E-state index is 12.5. The Kier molecular flexibility index (Phi) is 6.39. The van der Waals surface area contributed by atoms with E-state index in [1.165, 1.54) is 4.57 Å². The zero-order valence-corrected chi connectivity index (χ0v) is 17.2. The second-order valence-electron chi connectivity index (χ2n) is 6.88. The molecule has 3 rings (SSSR count). The molecule has 1 saturated heterocycles. The first-order chi connectivity index (χ1) is 13.9. The molecule has 2 amide bonds. The molecule has 1 aliphatic rings. The largest absolute Gasteiger partial charge is 0.337 e. The van der Waals surface area contributed by atoms with E-state index in [9.17, 15) is 14.4 Å². The number of hydrogen-bond donors (Lipinski definition) is 1. The summed E-state index contributed by atoms with van der Waals surface area (Å²) in [6.07, 6.45) is 0. The van der Waals surface area contributed by atoms with E-state index in [0.717, 1.165) is 24.6 Å². The van der Waals surface area contributed by atoms with Crippen LogP contribution in [0.4, 0.5) is 5.69 Å². The van der Waals surface area contributed by atoms with Crippen LogP contribution in [-0.2, 0) is 11.3 Å². The Morgan fingerprint density at radius 2 is 1.83 bits per heavy atom. The number of hydrogen-bond acceptors (Lipinski definition) is 5. The van der Waals surface area contributed by atoms with Crippen molar-refractivity contribution in [3.63, 3.8) is 0 Å². The van der Waals surface area contributed by atoms with E-state index < -0.39 is 5.56 Å². The number of carbonyl (C=O) groups excluding carboxylic acids is 2. The molecule has 1 N–H and O–H groups in total. The minimum atomic E-state index is -0.471. The molecule has 0 aliphatic carbocycles. The topological polar surface area (TPSA) is 95.2 Å². The van der Waals surface area contributed by atoms with Crippen molar-refractivity contribution in [3.8, 4) is 6.07 Å². The van der Waals surface area contributed by atoms with Crippen LogP contribution in [0.15, 0.2) is 35.1 Å². The van der Waals surface area contributed by atoms with Gasteiger partial charge in [0.05, 0.1) is 0 Å². The fraction of sp³-hybridized carbons (Fsp3) is 0.333. The predicted octanol–water partition coefficient (Wildman–Crippen LogP) is 2.16. The molecule has 7 nitrogen and oxygen atoms in total. The van der Waals surface area contributed by atoms with E-state index in [-0.39, 0.29) is 23.9 Å². The number of aryl methyl sites for hydroxylation is 2. The molecule has 150 valence electrons. The molecule has 0 unspecified atom stereocenters. The molecule has 0 bridgehead atoms. The number of nitrogens with one attached hydrogen (secondary N) is 1. The summed E-state index contributed by atoms with van der Waals surface area (Å²) in [7, 11) is 0. The zero-order chi connectivity index (χ0) is 21.0. The number of nitriles is 1. The molecule has 29 heavy (non-hydrogen) atoms. The molecule has 1 aliphatic heterocycles. The molecule has 1 aromatic carbocycles. The van der Waals surface area contributed by atoms with Gasteiger partial charge in [-0.05, 0) is 49.7 Å². The lowest BCUT2D eigenvalue weighted by Gasteiger charge is -2.26. The molecular formula is C21H22N4O3S. The Labute approximate surface area is 173 Å². The molecule has 1 aromatic heterocycles. The molecule has 1 fully saturated rings. The predicted molar refractivity (Wildman–Crippen MR) is 113 cm³/mol. The highest BCUT2D eigenvalue weighted by atomic mass is 32.2. The van der Waals surface area contributed by atoms with E-state index in [0.29, 0.717) is 22.5 Å². The standard InChI is InChI=1S/C21H22N4O3S/c1-14-11-15(2)25(21(28)18(14)12-22)13-19(26)23-17-5-3-16(4-6-17)20(27)24-7-9-29-10-8-24/h3-6,11H,7-10,13H2,1-2H3,(H,23,26). The van der Waals surface area contributed by atoms with Gasteiger partial charge in [-0.2, -0.15) is 17.0 Å². The van der Waals surface area contributed by atoms with Gasteiger partial charge in [-0.15, -0.1) is 0 Å². The van der Waals surface area contributed by atoms with Gasteiger partial charge in [0.25, 0.3) is 11.5 Å². The third-order valence-electron chi connectivity index (χ3n) is 4.83. The van der Waals surface area contributed by atoms with E-state index >= 15 is 0 Å². The highest BCUT2D eigenvalue weighted by molar-refractivity contribution is 7.99. The molecule has 2 heterocycles. The van der Waals surface area contributed by atoms with Gasteiger partial charge in [-0.25, -0.2) is 0 Å². The Hall–Kier alpha value is -3.05. The van der Waals surface area contributed by atoms with Crippen molar-refractivity contribution >= 4 is 29.3 Å². The van der Waals surface area contributed by atoms with Crippen molar-refractivity contribution in [3.05, 3.63) is 63.1 Å². The van der Waals surface area contributed by atoms with Gasteiger partial charge >= 0.3 is 0 Å². The fourth-order valence-corrected chi connectivity index (χ4v) is 4.15. The number of amides is 2. The normalized spacial score (nSPS) is 13.6. The van der Waals surface area contributed by atoms with Crippen molar-refractivity contribution in [2.45, 2.75) is 20.4 Å². The Morgan fingerprint density at radius 3 is 2.45 bits per heavy atom. The van der Waals surface area contributed by atoms with E-state index in [1.54, 1.807) is 44.2 Å². The zero-order valence-electron chi connectivity index (χ0n) is 16.4. The van der Waals surface area contributed by atoms with E-state index in [1.807, 2.05) is 22.7 Å². The molecule has 0 atom stereocenters. The van der Waals surface area contributed by atoms with Gasteiger partial charge in [0.2, 0.25) is 5.91 Å². The van der Waals surface area contributed by atoms with Crippen LogP contribution < -0.4 is 10.9 Å². The Bertz CT molecular complexity index is 1030. The molecular weight excluding hydrogens is 388 g/mol. The van der Waals surface area contributed by atoms with Crippen molar-refractivity contribution < 1.29 is 9.59 Å². The summed E-state index contributed by atoms with van der Waals surface area (Å²) >= 11 is 1.84. The van der Waals surface area contributed by atoms with Crippen molar-refractivity contribution in [1.29, 1.82) is 5.26 Å². The first-order valence-corrected chi connectivity index (χ1v) is 10.4. The second kappa shape index (κ2) is 8.97. The lowest BCUT2D eigenvalue weighted by molar-refractivity contribution is -0.116. The summed E-state index contributed by atoms with van der Waals surface area (Å²) in [6.45, 7) is 4.73. The van der Waals surface area contributed by atoms with Crippen LogP contribution >= 0.6 is 11.8 Å². The highest BCUT2D eigenvalue weighted by Crippen LogP contribution is 2.15. The summed E-state index contributed by atoms with van der Waals surface area (Å²) < 4.78 is 1.28. The smallest absolute Gasteiger partial charge is 0.269 e. The van der Waals surface area contributed by atoms with Gasteiger partial charge in [0.15, 0.2) is 0 Å². The Morgan fingerprint density at radius 1 is 1.17 bits per heavy atom. The third kappa shape index (κ3) is 4.69. The van der Waals surface area contributed by atoms with Gasteiger partial charge in [0, 0.05) is 41.5 Å². The number of nitrogens with zero attached hydrogens (tertiary/aromatic N) is 3. The summed E-state index contributed by atoms with van der Waals surface area (Å²) in [6, 6.07) is 10.3. The Balaban J connectivity index is 1.68. The maximum Gasteiger partial charge on any atom is 0.269 e. The van der Waals surface area contributed by atoms with Crippen LogP contribution in [0.1, 0.15) is 27.2 Å².